The number of aromatic nitrogens is 2. The van der Waals surface area contributed by atoms with Crippen molar-refractivity contribution in [1.82, 2.24) is 14.3 Å². The Morgan fingerprint density at radius 3 is 2.42 bits per heavy atom. The Morgan fingerprint density at radius 2 is 1.73 bits per heavy atom. The molecule has 1 aliphatic rings. The number of ether oxygens (including phenoxy) is 1. The van der Waals surface area contributed by atoms with E-state index < -0.39 is 5.91 Å². The molecule has 1 aliphatic heterocycles. The standard InChI is InChI=1S/C26H24N4O3/c1-18(31)19-6-8-21(9-7-19)29-24-11-10-22(16-20(24)17-28-29)30(12-14-33-15-13-30)25-5-3-2-4-23(25)26(27)32/h2-11,16-17H,12-15H2,1H3,(H-,27,32)/p+1. The first-order valence-corrected chi connectivity index (χ1v) is 10.9. The Bertz CT molecular complexity index is 1350. The molecule has 2 heterocycles. The molecule has 0 atom stereocenters. The molecular weight excluding hydrogens is 416 g/mol. The van der Waals surface area contributed by atoms with E-state index in [1.807, 2.05) is 53.3 Å². The predicted molar refractivity (Wildman–Crippen MR) is 128 cm³/mol. The molecule has 1 fully saturated rings. The van der Waals surface area contributed by atoms with Gasteiger partial charge in [0.05, 0.1) is 30.6 Å². The molecule has 3 aromatic carbocycles. The Labute approximate surface area is 191 Å². The van der Waals surface area contributed by atoms with E-state index in [1.165, 1.54) is 0 Å². The molecule has 1 saturated heterocycles. The monoisotopic (exact) mass is 441 g/mol. The largest absolute Gasteiger partial charge is 0.370 e. The number of carbonyl (C=O) groups excluding carboxylic acids is 2. The number of ketones is 1. The van der Waals surface area contributed by atoms with Gasteiger partial charge >= 0.3 is 0 Å². The topological polar surface area (TPSA) is 87.2 Å². The van der Waals surface area contributed by atoms with E-state index in [9.17, 15) is 9.59 Å². The molecule has 4 aromatic rings. The molecule has 7 nitrogen and oxygen atoms in total. The molecule has 0 saturated carbocycles. The molecule has 0 radical (unpaired) electrons. The number of fused-ring (bicyclic) bond motifs is 1. The van der Waals surface area contributed by atoms with Crippen LogP contribution in [0.4, 0.5) is 11.4 Å². The van der Waals surface area contributed by atoms with Crippen LogP contribution in [0.1, 0.15) is 27.6 Å². The van der Waals surface area contributed by atoms with Crippen LogP contribution in [-0.4, -0.2) is 47.8 Å². The molecule has 1 amide bonds. The minimum absolute atomic E-state index is 0.0345. The van der Waals surface area contributed by atoms with Gasteiger partial charge in [0.25, 0.3) is 5.91 Å². The van der Waals surface area contributed by atoms with Gasteiger partial charge in [0.2, 0.25) is 0 Å². The third kappa shape index (κ3) is 3.61. The maximum absolute atomic E-state index is 12.2. The number of morpholine rings is 1. The summed E-state index contributed by atoms with van der Waals surface area (Å²) in [6, 6.07) is 21.3. The zero-order valence-electron chi connectivity index (χ0n) is 18.4. The van der Waals surface area contributed by atoms with E-state index in [0.717, 1.165) is 28.0 Å². The summed E-state index contributed by atoms with van der Waals surface area (Å²) in [5, 5.41) is 5.58. The second-order valence-electron chi connectivity index (χ2n) is 8.31. The van der Waals surface area contributed by atoms with Crippen molar-refractivity contribution in [3.8, 4) is 5.69 Å². The number of hydrogen-bond acceptors (Lipinski definition) is 4. The van der Waals surface area contributed by atoms with Crippen molar-refractivity contribution in [3.63, 3.8) is 0 Å². The van der Waals surface area contributed by atoms with E-state index >= 15 is 0 Å². The van der Waals surface area contributed by atoms with Crippen LogP contribution >= 0.6 is 0 Å². The lowest BCUT2D eigenvalue weighted by Gasteiger charge is -2.41. The zero-order chi connectivity index (χ0) is 23.0. The highest BCUT2D eigenvalue weighted by molar-refractivity contribution is 5.99. The third-order valence-corrected chi connectivity index (χ3v) is 6.43. The van der Waals surface area contributed by atoms with Crippen LogP contribution in [0.3, 0.4) is 0 Å². The summed E-state index contributed by atoms with van der Waals surface area (Å²) in [5.74, 6) is -0.398. The lowest BCUT2D eigenvalue weighted by atomic mass is 10.0. The molecule has 0 bridgehead atoms. The molecule has 5 rings (SSSR count). The van der Waals surface area contributed by atoms with Crippen LogP contribution < -0.4 is 10.2 Å². The summed E-state index contributed by atoms with van der Waals surface area (Å²) >= 11 is 0. The van der Waals surface area contributed by atoms with E-state index in [-0.39, 0.29) is 5.78 Å². The maximum Gasteiger partial charge on any atom is 0.254 e. The van der Waals surface area contributed by atoms with Crippen LogP contribution in [0.25, 0.3) is 16.6 Å². The van der Waals surface area contributed by atoms with Gasteiger partial charge in [-0.05, 0) is 43.3 Å². The molecule has 7 heteroatoms. The molecule has 0 spiro atoms. The van der Waals surface area contributed by atoms with E-state index in [1.54, 1.807) is 13.0 Å². The molecule has 166 valence electrons. The number of para-hydroxylation sites is 1. The number of nitrogens with zero attached hydrogens (tertiary/aromatic N) is 3. The first kappa shape index (κ1) is 21.1. The molecule has 1 aromatic heterocycles. The van der Waals surface area contributed by atoms with Crippen LogP contribution in [0.2, 0.25) is 0 Å². The second-order valence-corrected chi connectivity index (χ2v) is 8.31. The Morgan fingerprint density at radius 1 is 1.00 bits per heavy atom. The van der Waals surface area contributed by atoms with Crippen molar-refractivity contribution in [2.24, 2.45) is 5.73 Å². The fraction of sp³-hybridized carbons (Fsp3) is 0.192. The molecule has 2 N–H and O–H groups in total. The maximum atomic E-state index is 12.2. The number of benzene rings is 3. The Hall–Kier alpha value is -3.81. The summed E-state index contributed by atoms with van der Waals surface area (Å²) in [4.78, 5) is 23.8. The van der Waals surface area contributed by atoms with Crippen molar-refractivity contribution in [1.29, 1.82) is 0 Å². The Balaban J connectivity index is 1.61. The number of carbonyl (C=O) groups is 2. The SMILES string of the molecule is CC(=O)c1ccc(-n2ncc3cc([N+]4(c5ccccc5C(N)=O)CCOCC4)ccc32)cc1. The van der Waals surface area contributed by atoms with Gasteiger partial charge in [-0.15, -0.1) is 0 Å². The average Bonchev–Trinajstić information content (AvgIpc) is 3.28. The van der Waals surface area contributed by atoms with E-state index in [4.69, 9.17) is 10.5 Å². The summed E-state index contributed by atoms with van der Waals surface area (Å²) in [5.41, 5.74) is 10.7. The number of rotatable bonds is 5. The third-order valence-electron chi connectivity index (χ3n) is 6.43. The van der Waals surface area contributed by atoms with Gasteiger partial charge in [-0.25, -0.2) is 4.68 Å². The second kappa shape index (κ2) is 8.27. The van der Waals surface area contributed by atoms with Crippen molar-refractivity contribution >= 4 is 34.0 Å². The van der Waals surface area contributed by atoms with Crippen LogP contribution in [0, 0.1) is 0 Å². The molecule has 0 aliphatic carbocycles. The van der Waals surface area contributed by atoms with Gasteiger partial charge in [0, 0.05) is 29.1 Å². The number of amides is 1. The van der Waals surface area contributed by atoms with Crippen molar-refractivity contribution < 1.29 is 14.3 Å². The first-order valence-electron chi connectivity index (χ1n) is 10.9. The highest BCUT2D eigenvalue weighted by atomic mass is 16.5. The fourth-order valence-corrected chi connectivity index (χ4v) is 4.68. The number of nitrogens with two attached hydrogens (primary N) is 1. The van der Waals surface area contributed by atoms with Crippen molar-refractivity contribution in [2.75, 3.05) is 26.3 Å². The van der Waals surface area contributed by atoms with Crippen molar-refractivity contribution in [2.45, 2.75) is 6.92 Å². The van der Waals surface area contributed by atoms with Crippen LogP contribution in [-0.2, 0) is 4.74 Å². The first-order chi connectivity index (χ1) is 16.0. The summed E-state index contributed by atoms with van der Waals surface area (Å²) < 4.78 is 8.03. The predicted octanol–water partition coefficient (Wildman–Crippen LogP) is 4.00. The van der Waals surface area contributed by atoms with E-state index in [0.29, 0.717) is 41.9 Å². The minimum Gasteiger partial charge on any atom is -0.370 e. The fourth-order valence-electron chi connectivity index (χ4n) is 4.68. The highest BCUT2D eigenvalue weighted by Gasteiger charge is 2.38. The lowest BCUT2D eigenvalue weighted by Crippen LogP contribution is -2.53. The minimum atomic E-state index is -0.433. The van der Waals surface area contributed by atoms with Gasteiger partial charge in [0.1, 0.15) is 24.3 Å². The zero-order valence-corrected chi connectivity index (χ0v) is 18.4. The number of Topliss-reactive ketones (excluding diaryl/α,β-unsaturated/α-hetero) is 1. The number of quaternary nitrogens is 1. The smallest absolute Gasteiger partial charge is 0.254 e. The van der Waals surface area contributed by atoms with Gasteiger partial charge in [-0.1, -0.05) is 12.1 Å². The van der Waals surface area contributed by atoms with Gasteiger partial charge in [0.15, 0.2) is 11.5 Å². The normalized spacial score (nSPS) is 15.4. The highest BCUT2D eigenvalue weighted by Crippen LogP contribution is 2.39. The van der Waals surface area contributed by atoms with E-state index in [2.05, 4.69) is 23.3 Å². The average molecular weight is 442 g/mol. The summed E-state index contributed by atoms with van der Waals surface area (Å²) in [7, 11) is 0. The van der Waals surface area contributed by atoms with Gasteiger partial charge in [-0.2, -0.15) is 5.10 Å². The lowest BCUT2D eigenvalue weighted by molar-refractivity contribution is 0.0636. The van der Waals surface area contributed by atoms with Crippen molar-refractivity contribution in [3.05, 3.63) is 84.1 Å². The number of hydrogen-bond donors (Lipinski definition) is 1. The quantitative estimate of drug-likeness (QED) is 0.375. The van der Waals surface area contributed by atoms with Crippen LogP contribution in [0.15, 0.2) is 72.9 Å². The summed E-state index contributed by atoms with van der Waals surface area (Å²) in [6.45, 7) is 4.15. The van der Waals surface area contributed by atoms with Gasteiger partial charge < -0.3 is 10.5 Å². The molecule has 33 heavy (non-hydrogen) atoms. The Kier molecular flexibility index (Phi) is 5.28. The number of primary amides is 1. The van der Waals surface area contributed by atoms with Gasteiger partial charge in [-0.3, -0.25) is 14.1 Å². The molecular formula is C26H25N4O3+. The van der Waals surface area contributed by atoms with Crippen LogP contribution in [0.5, 0.6) is 0 Å². The molecule has 0 unspecified atom stereocenters. The summed E-state index contributed by atoms with van der Waals surface area (Å²) in [6.07, 6.45) is 1.84.